The predicted octanol–water partition coefficient (Wildman–Crippen LogP) is 3.28. The van der Waals surface area contributed by atoms with Gasteiger partial charge in [-0.15, -0.1) is 0 Å². The van der Waals surface area contributed by atoms with Gasteiger partial charge in [0, 0.05) is 31.7 Å². The molecule has 0 bridgehead atoms. The Bertz CT molecular complexity index is 241. The van der Waals surface area contributed by atoms with Crippen molar-refractivity contribution in [2.24, 2.45) is 11.8 Å². The molecule has 1 aliphatic heterocycles. The van der Waals surface area contributed by atoms with Crippen LogP contribution in [0.15, 0.2) is 0 Å². The topological polar surface area (TPSA) is 15.3 Å². The van der Waals surface area contributed by atoms with E-state index in [4.69, 9.17) is 0 Å². The van der Waals surface area contributed by atoms with Gasteiger partial charge in [-0.05, 0) is 37.5 Å². The van der Waals surface area contributed by atoms with Gasteiger partial charge in [0.05, 0.1) is 0 Å². The van der Waals surface area contributed by atoms with Crippen LogP contribution in [0.1, 0.15) is 59.3 Å². The first-order valence-electron chi connectivity index (χ1n) is 8.20. The summed E-state index contributed by atoms with van der Waals surface area (Å²) in [7, 11) is 0. The molecule has 4 unspecified atom stereocenters. The zero-order valence-electron chi connectivity index (χ0n) is 12.6. The molecule has 2 nitrogen and oxygen atoms in total. The maximum absolute atomic E-state index is 3.70. The van der Waals surface area contributed by atoms with Crippen LogP contribution in [0.5, 0.6) is 0 Å². The van der Waals surface area contributed by atoms with Crippen molar-refractivity contribution < 1.29 is 0 Å². The van der Waals surface area contributed by atoms with Crippen molar-refractivity contribution in [2.45, 2.75) is 71.4 Å². The quantitative estimate of drug-likeness (QED) is 0.826. The van der Waals surface area contributed by atoms with Gasteiger partial charge in [0.25, 0.3) is 0 Å². The Morgan fingerprint density at radius 2 is 2.00 bits per heavy atom. The normalized spacial score (nSPS) is 38.8. The summed E-state index contributed by atoms with van der Waals surface area (Å²) in [5.74, 6) is 1.94. The highest BCUT2D eigenvalue weighted by Crippen LogP contribution is 2.30. The third kappa shape index (κ3) is 3.71. The Kier molecular flexibility index (Phi) is 5.50. The first-order chi connectivity index (χ1) is 8.72. The summed E-state index contributed by atoms with van der Waals surface area (Å²) >= 11 is 0. The fourth-order valence-corrected chi connectivity index (χ4v) is 3.89. The van der Waals surface area contributed by atoms with E-state index in [1.54, 1.807) is 0 Å². The molecule has 0 aromatic rings. The van der Waals surface area contributed by atoms with Crippen LogP contribution in [-0.2, 0) is 0 Å². The highest BCUT2D eigenvalue weighted by atomic mass is 15.2. The minimum absolute atomic E-state index is 0.730. The van der Waals surface area contributed by atoms with E-state index < -0.39 is 0 Å². The molecule has 18 heavy (non-hydrogen) atoms. The molecule has 0 radical (unpaired) electrons. The van der Waals surface area contributed by atoms with Crippen molar-refractivity contribution in [2.75, 3.05) is 19.6 Å². The minimum Gasteiger partial charge on any atom is -0.311 e. The van der Waals surface area contributed by atoms with E-state index in [2.05, 4.69) is 31.0 Å². The second-order valence-electron chi connectivity index (χ2n) is 6.67. The van der Waals surface area contributed by atoms with Gasteiger partial charge in [0.1, 0.15) is 0 Å². The molecule has 106 valence electrons. The van der Waals surface area contributed by atoms with Gasteiger partial charge < -0.3 is 5.32 Å². The number of rotatable bonds is 4. The Labute approximate surface area is 114 Å². The summed E-state index contributed by atoms with van der Waals surface area (Å²) in [6.07, 6.45) is 8.44. The van der Waals surface area contributed by atoms with Gasteiger partial charge in [-0.3, -0.25) is 4.90 Å². The lowest BCUT2D eigenvalue weighted by molar-refractivity contribution is 0.0895. The van der Waals surface area contributed by atoms with Crippen molar-refractivity contribution in [1.29, 1.82) is 0 Å². The molecule has 0 amide bonds. The highest BCUT2D eigenvalue weighted by Gasteiger charge is 2.29. The van der Waals surface area contributed by atoms with Gasteiger partial charge >= 0.3 is 0 Å². The zero-order chi connectivity index (χ0) is 13.0. The van der Waals surface area contributed by atoms with Gasteiger partial charge in [0.2, 0.25) is 0 Å². The summed E-state index contributed by atoms with van der Waals surface area (Å²) in [5, 5.41) is 3.70. The Balaban J connectivity index is 1.87. The molecule has 2 aliphatic rings. The van der Waals surface area contributed by atoms with E-state index in [-0.39, 0.29) is 0 Å². The van der Waals surface area contributed by atoms with Crippen molar-refractivity contribution >= 4 is 0 Å². The molecule has 2 heteroatoms. The predicted molar refractivity (Wildman–Crippen MR) is 78.9 cm³/mol. The molecule has 0 spiro atoms. The summed E-state index contributed by atoms with van der Waals surface area (Å²) < 4.78 is 0. The molecule has 4 atom stereocenters. The molecule has 2 fully saturated rings. The largest absolute Gasteiger partial charge is 0.311 e. The lowest BCUT2D eigenvalue weighted by Gasteiger charge is -2.42. The summed E-state index contributed by atoms with van der Waals surface area (Å²) in [5.41, 5.74) is 0. The van der Waals surface area contributed by atoms with Crippen LogP contribution >= 0.6 is 0 Å². The Morgan fingerprint density at radius 1 is 1.17 bits per heavy atom. The van der Waals surface area contributed by atoms with E-state index in [1.807, 2.05) is 0 Å². The highest BCUT2D eigenvalue weighted by molar-refractivity contribution is 4.86. The molecule has 0 aromatic heterocycles. The summed E-state index contributed by atoms with van der Waals surface area (Å²) in [6.45, 7) is 10.9. The molecule has 1 saturated heterocycles. The van der Waals surface area contributed by atoms with Crippen LogP contribution in [-0.4, -0.2) is 36.6 Å². The number of hydrogen-bond donors (Lipinski definition) is 1. The molecular weight excluding hydrogens is 220 g/mol. The van der Waals surface area contributed by atoms with Crippen molar-refractivity contribution in [1.82, 2.24) is 10.2 Å². The van der Waals surface area contributed by atoms with Crippen LogP contribution in [0.25, 0.3) is 0 Å². The molecule has 0 aromatic carbocycles. The van der Waals surface area contributed by atoms with Crippen LogP contribution in [0.4, 0.5) is 0 Å². The lowest BCUT2D eigenvalue weighted by Crippen LogP contribution is -2.57. The van der Waals surface area contributed by atoms with Gasteiger partial charge in [-0.25, -0.2) is 0 Å². The summed E-state index contributed by atoms with van der Waals surface area (Å²) in [6, 6.07) is 1.51. The molecule has 1 N–H and O–H groups in total. The maximum Gasteiger partial charge on any atom is 0.0218 e. The van der Waals surface area contributed by atoms with Crippen molar-refractivity contribution in [3.63, 3.8) is 0 Å². The molecule has 1 heterocycles. The maximum atomic E-state index is 3.70. The SMILES string of the molecule is CCC1CN(CC2CCCC(C)C2)C(CC)CN1. The molecule has 1 saturated carbocycles. The van der Waals surface area contributed by atoms with Crippen LogP contribution in [0, 0.1) is 11.8 Å². The molecule has 2 rings (SSSR count). The second kappa shape index (κ2) is 6.91. The zero-order valence-corrected chi connectivity index (χ0v) is 12.6. The number of nitrogens with one attached hydrogen (secondary N) is 1. The van der Waals surface area contributed by atoms with Crippen molar-refractivity contribution in [3.05, 3.63) is 0 Å². The third-order valence-electron chi connectivity index (χ3n) is 5.12. The monoisotopic (exact) mass is 252 g/mol. The van der Waals surface area contributed by atoms with Crippen molar-refractivity contribution in [3.8, 4) is 0 Å². The Morgan fingerprint density at radius 3 is 2.67 bits per heavy atom. The first kappa shape index (κ1) is 14.3. The Hall–Kier alpha value is -0.0800. The number of piperazine rings is 1. The first-order valence-corrected chi connectivity index (χ1v) is 8.20. The average Bonchev–Trinajstić information content (AvgIpc) is 2.38. The summed E-state index contributed by atoms with van der Waals surface area (Å²) in [4.78, 5) is 2.80. The molecule has 1 aliphatic carbocycles. The smallest absolute Gasteiger partial charge is 0.0218 e. The number of hydrogen-bond acceptors (Lipinski definition) is 2. The van der Waals surface area contributed by atoms with Crippen LogP contribution in [0.2, 0.25) is 0 Å². The van der Waals surface area contributed by atoms with Crippen LogP contribution < -0.4 is 5.32 Å². The number of nitrogens with zero attached hydrogens (tertiary/aromatic N) is 1. The van der Waals surface area contributed by atoms with E-state index in [0.717, 1.165) is 23.9 Å². The minimum atomic E-state index is 0.730. The van der Waals surface area contributed by atoms with E-state index in [1.165, 1.54) is 58.2 Å². The second-order valence-corrected chi connectivity index (χ2v) is 6.67. The standard InChI is InChI=1S/C16H32N2/c1-4-15-12-18(16(5-2)10-17-15)11-14-8-6-7-13(3)9-14/h13-17H,4-12H2,1-3H3. The van der Waals surface area contributed by atoms with E-state index in [9.17, 15) is 0 Å². The molecular formula is C16H32N2. The average molecular weight is 252 g/mol. The van der Waals surface area contributed by atoms with Gasteiger partial charge in [-0.2, -0.15) is 0 Å². The third-order valence-corrected chi connectivity index (χ3v) is 5.12. The fourth-order valence-electron chi connectivity index (χ4n) is 3.89. The van der Waals surface area contributed by atoms with Gasteiger partial charge in [-0.1, -0.05) is 33.6 Å². The lowest BCUT2D eigenvalue weighted by atomic mass is 9.82. The fraction of sp³-hybridized carbons (Fsp3) is 1.00. The van der Waals surface area contributed by atoms with Crippen LogP contribution in [0.3, 0.4) is 0 Å². The van der Waals surface area contributed by atoms with E-state index >= 15 is 0 Å². The van der Waals surface area contributed by atoms with Gasteiger partial charge in [0.15, 0.2) is 0 Å². The van der Waals surface area contributed by atoms with E-state index in [0.29, 0.717) is 0 Å².